The Morgan fingerprint density at radius 1 is 1.26 bits per heavy atom. The van der Waals surface area contributed by atoms with Gasteiger partial charge in [-0.3, -0.25) is 0 Å². The summed E-state index contributed by atoms with van der Waals surface area (Å²) < 4.78 is 7.91. The predicted octanol–water partition coefficient (Wildman–Crippen LogP) is 2.82. The van der Waals surface area contributed by atoms with E-state index in [1.807, 2.05) is 0 Å². The van der Waals surface area contributed by atoms with Crippen molar-refractivity contribution in [3.05, 3.63) is 36.0 Å². The molecular weight excluding hydrogens is 236 g/mol. The molecule has 0 unspecified atom stereocenters. The van der Waals surface area contributed by atoms with E-state index in [-0.39, 0.29) is 0 Å². The molecule has 0 fully saturated rings. The highest BCUT2D eigenvalue weighted by atomic mass is 16.5. The summed E-state index contributed by atoms with van der Waals surface area (Å²) in [4.78, 5) is 0. The van der Waals surface area contributed by atoms with Crippen molar-refractivity contribution in [2.75, 3.05) is 19.8 Å². The second-order valence-electron chi connectivity index (χ2n) is 5.41. The van der Waals surface area contributed by atoms with Crippen LogP contribution in [0.3, 0.4) is 0 Å². The maximum absolute atomic E-state index is 5.65. The molecule has 19 heavy (non-hydrogen) atoms. The van der Waals surface area contributed by atoms with Crippen molar-refractivity contribution < 1.29 is 4.74 Å². The van der Waals surface area contributed by atoms with Gasteiger partial charge >= 0.3 is 0 Å². The summed E-state index contributed by atoms with van der Waals surface area (Å²) in [6.07, 6.45) is 3.07. The Labute approximate surface area is 115 Å². The van der Waals surface area contributed by atoms with Gasteiger partial charge in [-0.15, -0.1) is 0 Å². The zero-order chi connectivity index (χ0) is 13.7. The highest BCUT2D eigenvalue weighted by Gasteiger charge is 2.02. The number of nitrogens with zero attached hydrogens (tertiary/aromatic N) is 1. The zero-order valence-electron chi connectivity index (χ0n) is 11.9. The highest BCUT2D eigenvalue weighted by molar-refractivity contribution is 5.80. The molecule has 0 amide bonds. The molecule has 1 aromatic heterocycles. The molecular formula is C16H24N2O. The number of fused-ring (bicyclic) bond motifs is 1. The van der Waals surface area contributed by atoms with E-state index in [2.05, 4.69) is 48.9 Å². The molecule has 0 aliphatic rings. The molecule has 1 aromatic carbocycles. The van der Waals surface area contributed by atoms with Crippen LogP contribution in [-0.2, 0) is 17.7 Å². The van der Waals surface area contributed by atoms with Gasteiger partial charge in [0.1, 0.15) is 0 Å². The van der Waals surface area contributed by atoms with Gasteiger partial charge in [-0.2, -0.15) is 0 Å². The van der Waals surface area contributed by atoms with E-state index in [0.717, 1.165) is 26.2 Å². The molecule has 0 aliphatic carbocycles. The van der Waals surface area contributed by atoms with Crippen molar-refractivity contribution in [3.8, 4) is 0 Å². The summed E-state index contributed by atoms with van der Waals surface area (Å²) in [5, 5.41) is 1.28. The predicted molar refractivity (Wildman–Crippen MR) is 80.4 cm³/mol. The fourth-order valence-corrected chi connectivity index (χ4v) is 2.23. The SMILES string of the molecule is CC(C)COCCn1ccc2ccc(CCN)cc21. The summed E-state index contributed by atoms with van der Waals surface area (Å²) in [5.74, 6) is 0.595. The average molecular weight is 260 g/mol. The Morgan fingerprint density at radius 3 is 2.84 bits per heavy atom. The van der Waals surface area contributed by atoms with E-state index >= 15 is 0 Å². The van der Waals surface area contributed by atoms with Crippen LogP contribution in [0.25, 0.3) is 10.9 Å². The number of nitrogens with two attached hydrogens (primary N) is 1. The first-order valence-corrected chi connectivity index (χ1v) is 7.06. The molecule has 2 rings (SSSR count). The third kappa shape index (κ3) is 3.82. The lowest BCUT2D eigenvalue weighted by Gasteiger charge is -2.09. The van der Waals surface area contributed by atoms with Crippen molar-refractivity contribution in [1.29, 1.82) is 0 Å². The standard InChI is InChI=1S/C16H24N2O/c1-13(2)12-19-10-9-18-8-6-15-4-3-14(5-7-17)11-16(15)18/h3-4,6,8,11,13H,5,7,9-10,12,17H2,1-2H3. The Morgan fingerprint density at radius 2 is 2.11 bits per heavy atom. The normalized spacial score (nSPS) is 11.6. The lowest BCUT2D eigenvalue weighted by atomic mass is 10.1. The lowest BCUT2D eigenvalue weighted by Crippen LogP contribution is -2.09. The quantitative estimate of drug-likeness (QED) is 0.778. The van der Waals surface area contributed by atoms with Crippen LogP contribution in [0.5, 0.6) is 0 Å². The van der Waals surface area contributed by atoms with Crippen LogP contribution >= 0.6 is 0 Å². The van der Waals surface area contributed by atoms with Crippen LogP contribution < -0.4 is 5.73 Å². The Hall–Kier alpha value is -1.32. The van der Waals surface area contributed by atoms with Crippen LogP contribution in [0.2, 0.25) is 0 Å². The van der Waals surface area contributed by atoms with E-state index < -0.39 is 0 Å². The molecule has 3 nitrogen and oxygen atoms in total. The van der Waals surface area contributed by atoms with Gasteiger partial charge in [0.2, 0.25) is 0 Å². The third-order valence-corrected chi connectivity index (χ3v) is 3.20. The minimum atomic E-state index is 0.595. The molecule has 0 saturated carbocycles. The second kappa shape index (κ2) is 6.73. The van der Waals surface area contributed by atoms with E-state index in [4.69, 9.17) is 10.5 Å². The largest absolute Gasteiger partial charge is 0.379 e. The molecule has 2 aromatic rings. The number of hydrogen-bond acceptors (Lipinski definition) is 2. The van der Waals surface area contributed by atoms with E-state index in [1.54, 1.807) is 0 Å². The molecule has 3 heteroatoms. The van der Waals surface area contributed by atoms with Gasteiger partial charge in [-0.05, 0) is 42.0 Å². The Bertz CT molecular complexity index is 516. The smallest absolute Gasteiger partial charge is 0.0645 e. The molecule has 0 atom stereocenters. The summed E-state index contributed by atoms with van der Waals surface area (Å²) in [6.45, 7) is 7.54. The van der Waals surface area contributed by atoms with Crippen molar-refractivity contribution >= 4 is 10.9 Å². The number of ether oxygens (including phenoxy) is 1. The second-order valence-corrected chi connectivity index (χ2v) is 5.41. The summed E-state index contributed by atoms with van der Waals surface area (Å²) in [6, 6.07) is 8.73. The fraction of sp³-hybridized carbons (Fsp3) is 0.500. The lowest BCUT2D eigenvalue weighted by molar-refractivity contribution is 0.104. The van der Waals surface area contributed by atoms with Crippen LogP contribution in [0, 0.1) is 5.92 Å². The molecule has 0 spiro atoms. The maximum Gasteiger partial charge on any atom is 0.0645 e. The topological polar surface area (TPSA) is 40.2 Å². The molecule has 104 valence electrons. The van der Waals surface area contributed by atoms with Crippen molar-refractivity contribution in [2.24, 2.45) is 11.7 Å². The molecule has 1 heterocycles. The van der Waals surface area contributed by atoms with Crippen LogP contribution in [0.1, 0.15) is 19.4 Å². The Kier molecular flexibility index (Phi) is 5.00. The Balaban J connectivity index is 2.03. The van der Waals surface area contributed by atoms with Gasteiger partial charge in [0.25, 0.3) is 0 Å². The summed E-state index contributed by atoms with van der Waals surface area (Å²) in [5.41, 5.74) is 8.20. The van der Waals surface area contributed by atoms with E-state index in [9.17, 15) is 0 Å². The van der Waals surface area contributed by atoms with Crippen molar-refractivity contribution in [1.82, 2.24) is 4.57 Å². The van der Waals surface area contributed by atoms with Crippen molar-refractivity contribution in [2.45, 2.75) is 26.8 Å². The average Bonchev–Trinajstić information content (AvgIpc) is 2.77. The first-order chi connectivity index (χ1) is 9.20. The molecule has 0 bridgehead atoms. The van der Waals surface area contributed by atoms with Crippen LogP contribution in [-0.4, -0.2) is 24.3 Å². The minimum Gasteiger partial charge on any atom is -0.379 e. The van der Waals surface area contributed by atoms with Gasteiger partial charge in [-0.1, -0.05) is 26.0 Å². The number of benzene rings is 1. The van der Waals surface area contributed by atoms with Gasteiger partial charge < -0.3 is 15.0 Å². The molecule has 2 N–H and O–H groups in total. The highest BCUT2D eigenvalue weighted by Crippen LogP contribution is 2.18. The van der Waals surface area contributed by atoms with Gasteiger partial charge in [0.15, 0.2) is 0 Å². The zero-order valence-corrected chi connectivity index (χ0v) is 11.9. The number of hydrogen-bond donors (Lipinski definition) is 1. The summed E-state index contributed by atoms with van der Waals surface area (Å²) in [7, 11) is 0. The molecule has 0 aliphatic heterocycles. The first-order valence-electron chi connectivity index (χ1n) is 7.06. The minimum absolute atomic E-state index is 0.595. The maximum atomic E-state index is 5.65. The van der Waals surface area contributed by atoms with E-state index in [0.29, 0.717) is 12.5 Å². The monoisotopic (exact) mass is 260 g/mol. The molecule has 0 saturated heterocycles. The summed E-state index contributed by atoms with van der Waals surface area (Å²) >= 11 is 0. The fourth-order valence-electron chi connectivity index (χ4n) is 2.23. The van der Waals surface area contributed by atoms with Crippen molar-refractivity contribution in [3.63, 3.8) is 0 Å². The number of rotatable bonds is 7. The third-order valence-electron chi connectivity index (χ3n) is 3.20. The van der Waals surface area contributed by atoms with Gasteiger partial charge in [0, 0.05) is 24.9 Å². The van der Waals surface area contributed by atoms with Crippen LogP contribution in [0.15, 0.2) is 30.5 Å². The van der Waals surface area contributed by atoms with Crippen LogP contribution in [0.4, 0.5) is 0 Å². The molecule has 0 radical (unpaired) electrons. The van der Waals surface area contributed by atoms with Gasteiger partial charge in [-0.25, -0.2) is 0 Å². The number of aromatic nitrogens is 1. The van der Waals surface area contributed by atoms with E-state index in [1.165, 1.54) is 16.5 Å². The first kappa shape index (κ1) is 14.1. The van der Waals surface area contributed by atoms with Gasteiger partial charge in [0.05, 0.1) is 6.61 Å².